The van der Waals surface area contributed by atoms with E-state index < -0.39 is 0 Å². The lowest BCUT2D eigenvalue weighted by atomic mass is 10.2. The summed E-state index contributed by atoms with van der Waals surface area (Å²) in [6.45, 7) is 9.92. The highest BCUT2D eigenvalue weighted by Crippen LogP contribution is 2.07. The number of aromatic nitrogens is 2. The van der Waals surface area contributed by atoms with E-state index in [4.69, 9.17) is 4.74 Å². The molecule has 0 aliphatic carbocycles. The van der Waals surface area contributed by atoms with Gasteiger partial charge in [-0.1, -0.05) is 13.8 Å². The van der Waals surface area contributed by atoms with Crippen LogP contribution in [0.1, 0.15) is 19.5 Å². The Balaban J connectivity index is 0.00000288. The van der Waals surface area contributed by atoms with Crippen LogP contribution in [-0.4, -0.2) is 66.6 Å². The second kappa shape index (κ2) is 10.9. The van der Waals surface area contributed by atoms with Crippen LogP contribution in [-0.2, 0) is 18.3 Å². The van der Waals surface area contributed by atoms with Gasteiger partial charge in [0, 0.05) is 46.5 Å². The highest BCUT2D eigenvalue weighted by atomic mass is 127. The third-order valence-corrected chi connectivity index (χ3v) is 3.93. The highest BCUT2D eigenvalue weighted by molar-refractivity contribution is 14.0. The van der Waals surface area contributed by atoms with Crippen LogP contribution < -0.4 is 10.6 Å². The van der Waals surface area contributed by atoms with Crippen LogP contribution in [0.15, 0.2) is 17.3 Å². The van der Waals surface area contributed by atoms with Crippen LogP contribution in [0.3, 0.4) is 0 Å². The zero-order chi connectivity index (χ0) is 16.7. The number of rotatable bonds is 6. The van der Waals surface area contributed by atoms with Gasteiger partial charge >= 0.3 is 0 Å². The van der Waals surface area contributed by atoms with Gasteiger partial charge in [-0.3, -0.25) is 14.6 Å². The fourth-order valence-electron chi connectivity index (χ4n) is 2.77. The van der Waals surface area contributed by atoms with E-state index >= 15 is 0 Å². The molecule has 1 atom stereocenters. The molecule has 0 bridgehead atoms. The van der Waals surface area contributed by atoms with Gasteiger partial charge in [-0.2, -0.15) is 5.10 Å². The number of nitrogens with zero attached hydrogens (tertiary/aromatic N) is 4. The molecule has 8 heteroatoms. The molecule has 24 heavy (non-hydrogen) atoms. The molecule has 2 rings (SSSR count). The number of halogens is 1. The Morgan fingerprint density at radius 1 is 1.46 bits per heavy atom. The zero-order valence-corrected chi connectivity index (χ0v) is 17.5. The highest BCUT2D eigenvalue weighted by Gasteiger charge is 2.21. The second-order valence-electron chi connectivity index (χ2n) is 6.40. The second-order valence-corrected chi connectivity index (χ2v) is 6.40. The molecule has 1 unspecified atom stereocenters. The molecule has 2 heterocycles. The van der Waals surface area contributed by atoms with Gasteiger partial charge in [0.1, 0.15) is 0 Å². The Labute approximate surface area is 162 Å². The first kappa shape index (κ1) is 21.2. The van der Waals surface area contributed by atoms with E-state index in [2.05, 4.69) is 39.5 Å². The normalized spacial score (nSPS) is 19.2. The van der Waals surface area contributed by atoms with E-state index in [1.807, 2.05) is 17.8 Å². The Hall–Kier alpha value is -0.870. The van der Waals surface area contributed by atoms with Crippen molar-refractivity contribution in [2.45, 2.75) is 26.5 Å². The van der Waals surface area contributed by atoms with Crippen molar-refractivity contribution < 1.29 is 4.74 Å². The quantitative estimate of drug-likeness (QED) is 0.386. The van der Waals surface area contributed by atoms with Crippen molar-refractivity contribution in [1.82, 2.24) is 25.3 Å². The molecular formula is C16H31IN6O. The number of nitrogens with one attached hydrogen (secondary N) is 2. The number of morpholine rings is 1. The molecule has 138 valence electrons. The van der Waals surface area contributed by atoms with Gasteiger partial charge in [-0.05, 0) is 12.0 Å². The maximum atomic E-state index is 5.85. The Morgan fingerprint density at radius 3 is 2.88 bits per heavy atom. The van der Waals surface area contributed by atoms with Crippen molar-refractivity contribution in [1.29, 1.82) is 0 Å². The van der Waals surface area contributed by atoms with E-state index in [1.54, 1.807) is 13.2 Å². The predicted octanol–water partition coefficient (Wildman–Crippen LogP) is 1.06. The third-order valence-electron chi connectivity index (χ3n) is 3.93. The summed E-state index contributed by atoms with van der Waals surface area (Å²) in [5, 5.41) is 10.8. The average Bonchev–Trinajstić information content (AvgIpc) is 2.92. The molecule has 0 amide bonds. The summed E-state index contributed by atoms with van der Waals surface area (Å²) in [5.74, 6) is 1.48. The van der Waals surface area contributed by atoms with E-state index in [9.17, 15) is 0 Å². The molecule has 7 nitrogen and oxygen atoms in total. The van der Waals surface area contributed by atoms with Gasteiger partial charge in [-0.25, -0.2) is 0 Å². The molecule has 0 saturated carbocycles. The summed E-state index contributed by atoms with van der Waals surface area (Å²) in [6, 6.07) is 1.99. The molecule has 1 fully saturated rings. The number of aliphatic imine (C=N–C) groups is 1. The predicted molar refractivity (Wildman–Crippen MR) is 108 cm³/mol. The maximum Gasteiger partial charge on any atom is 0.191 e. The van der Waals surface area contributed by atoms with E-state index in [0.29, 0.717) is 12.5 Å². The van der Waals surface area contributed by atoms with Gasteiger partial charge in [0.25, 0.3) is 0 Å². The summed E-state index contributed by atoms with van der Waals surface area (Å²) in [7, 11) is 3.72. The van der Waals surface area contributed by atoms with Gasteiger partial charge in [0.05, 0.1) is 24.9 Å². The molecular weight excluding hydrogens is 419 g/mol. The van der Waals surface area contributed by atoms with Crippen LogP contribution in [0.4, 0.5) is 0 Å². The molecule has 1 aliphatic rings. The van der Waals surface area contributed by atoms with Gasteiger partial charge in [-0.15, -0.1) is 24.0 Å². The number of hydrogen-bond acceptors (Lipinski definition) is 4. The van der Waals surface area contributed by atoms with E-state index in [0.717, 1.165) is 44.4 Å². The monoisotopic (exact) mass is 450 g/mol. The van der Waals surface area contributed by atoms with Crippen LogP contribution in [0.5, 0.6) is 0 Å². The van der Waals surface area contributed by atoms with Crippen LogP contribution in [0.25, 0.3) is 0 Å². The van der Waals surface area contributed by atoms with Crippen LogP contribution in [0.2, 0.25) is 0 Å². The largest absolute Gasteiger partial charge is 0.374 e. The van der Waals surface area contributed by atoms with Crippen molar-refractivity contribution in [3.05, 3.63) is 18.0 Å². The lowest BCUT2D eigenvalue weighted by molar-refractivity contribution is -0.0284. The molecule has 0 spiro atoms. The van der Waals surface area contributed by atoms with Crippen molar-refractivity contribution >= 4 is 29.9 Å². The summed E-state index contributed by atoms with van der Waals surface area (Å²) in [5.41, 5.74) is 1.12. The van der Waals surface area contributed by atoms with Crippen molar-refractivity contribution in [2.75, 3.05) is 39.8 Å². The fourth-order valence-corrected chi connectivity index (χ4v) is 2.77. The first-order valence-electron chi connectivity index (χ1n) is 8.34. The first-order chi connectivity index (χ1) is 11.1. The fraction of sp³-hybridized carbons (Fsp3) is 0.750. The van der Waals surface area contributed by atoms with Crippen molar-refractivity contribution in [3.63, 3.8) is 0 Å². The summed E-state index contributed by atoms with van der Waals surface area (Å²) in [4.78, 5) is 6.74. The minimum absolute atomic E-state index is 0. The number of aryl methyl sites for hydroxylation is 1. The first-order valence-corrected chi connectivity index (χ1v) is 8.34. The minimum Gasteiger partial charge on any atom is -0.374 e. The Kier molecular flexibility index (Phi) is 9.60. The van der Waals surface area contributed by atoms with Crippen molar-refractivity contribution in [2.24, 2.45) is 18.0 Å². The summed E-state index contributed by atoms with van der Waals surface area (Å²) < 4.78 is 7.71. The van der Waals surface area contributed by atoms with Gasteiger partial charge in [0.2, 0.25) is 0 Å². The zero-order valence-electron chi connectivity index (χ0n) is 15.2. The smallest absolute Gasteiger partial charge is 0.191 e. The molecule has 1 saturated heterocycles. The average molecular weight is 450 g/mol. The van der Waals surface area contributed by atoms with E-state index in [-0.39, 0.29) is 30.1 Å². The minimum atomic E-state index is 0. The van der Waals surface area contributed by atoms with Crippen LogP contribution in [0, 0.1) is 5.92 Å². The molecule has 0 radical (unpaired) electrons. The molecule has 1 aromatic rings. The van der Waals surface area contributed by atoms with Gasteiger partial charge < -0.3 is 15.4 Å². The van der Waals surface area contributed by atoms with E-state index in [1.165, 1.54) is 0 Å². The number of guanidine groups is 1. The Bertz CT molecular complexity index is 505. The number of ether oxygens (including phenoxy) is 1. The summed E-state index contributed by atoms with van der Waals surface area (Å²) in [6.07, 6.45) is 2.00. The standard InChI is InChI=1S/C16H30N6O.HI/c1-13(2)11-22-7-8-23-15(12-22)10-19-16(17-3)18-9-14-5-6-20-21(14)4;/h5-6,13,15H,7-12H2,1-4H3,(H2,17,18,19);1H. The van der Waals surface area contributed by atoms with Crippen LogP contribution >= 0.6 is 24.0 Å². The lowest BCUT2D eigenvalue weighted by Gasteiger charge is -2.34. The number of hydrogen-bond donors (Lipinski definition) is 2. The molecule has 1 aromatic heterocycles. The molecule has 1 aliphatic heterocycles. The SMILES string of the molecule is CN=C(NCc1ccnn1C)NCC1CN(CC(C)C)CCO1.I. The maximum absolute atomic E-state index is 5.85. The lowest BCUT2D eigenvalue weighted by Crippen LogP contribution is -2.50. The Morgan fingerprint density at radius 2 is 2.25 bits per heavy atom. The third kappa shape index (κ3) is 6.94. The molecule has 0 aromatic carbocycles. The van der Waals surface area contributed by atoms with Crippen molar-refractivity contribution in [3.8, 4) is 0 Å². The molecule has 2 N–H and O–H groups in total. The van der Waals surface area contributed by atoms with Gasteiger partial charge in [0.15, 0.2) is 5.96 Å². The topological polar surface area (TPSA) is 66.7 Å². The summed E-state index contributed by atoms with van der Waals surface area (Å²) >= 11 is 0.